The molecule has 2 nitrogen and oxygen atoms in total. The van der Waals surface area contributed by atoms with E-state index in [1.807, 2.05) is 0 Å². The number of hydrogen-bond acceptors (Lipinski definition) is 1. The summed E-state index contributed by atoms with van der Waals surface area (Å²) in [5.41, 5.74) is 7.33. The molecule has 0 heterocycles. The van der Waals surface area contributed by atoms with Crippen LogP contribution in [0.4, 0.5) is 5.69 Å². The van der Waals surface area contributed by atoms with Crippen molar-refractivity contribution in [3.8, 4) is 0 Å². The molecule has 3 heteroatoms. The van der Waals surface area contributed by atoms with Gasteiger partial charge >= 0.3 is 0 Å². The molecule has 0 aliphatic heterocycles. The van der Waals surface area contributed by atoms with Crippen LogP contribution in [0, 0.1) is 27.7 Å². The summed E-state index contributed by atoms with van der Waals surface area (Å²) >= 11 is 5.45. The first-order chi connectivity index (χ1) is 10.3. The molecule has 0 aliphatic carbocycles. The molecular weight excluding hydrogens is 288 g/mol. The lowest BCUT2D eigenvalue weighted by Crippen LogP contribution is -2.31. The highest BCUT2D eigenvalue weighted by Gasteiger charge is 2.10. The number of nitrogens with one attached hydrogen (secondary N) is 2. The molecule has 0 fully saturated rings. The van der Waals surface area contributed by atoms with Gasteiger partial charge in [-0.1, -0.05) is 29.8 Å². The second-order valence-corrected chi connectivity index (χ2v) is 6.46. The van der Waals surface area contributed by atoms with Crippen LogP contribution in [0.3, 0.4) is 0 Å². The van der Waals surface area contributed by atoms with E-state index in [0.29, 0.717) is 5.11 Å². The van der Waals surface area contributed by atoms with Crippen LogP contribution in [-0.2, 0) is 0 Å². The van der Waals surface area contributed by atoms with Crippen LogP contribution in [0.2, 0.25) is 0 Å². The molecule has 0 bridgehead atoms. The first-order valence-electron chi connectivity index (χ1n) is 7.58. The predicted octanol–water partition coefficient (Wildman–Crippen LogP) is 4.97. The summed E-state index contributed by atoms with van der Waals surface area (Å²) < 4.78 is 0. The Bertz CT molecular complexity index is 672. The van der Waals surface area contributed by atoms with E-state index in [0.717, 1.165) is 5.69 Å². The molecular formula is C19H24N2S. The number of hydrogen-bond donors (Lipinski definition) is 2. The van der Waals surface area contributed by atoms with Gasteiger partial charge in [0.1, 0.15) is 0 Å². The standard InChI is InChI=1S/C19H24N2S/c1-12-6-7-18(15(4)9-12)16(5)20-19(22)21-17-10-13(2)8-14(3)11-17/h6-11,16H,1-5H3,(H2,20,21,22). The van der Waals surface area contributed by atoms with Gasteiger partial charge in [-0.3, -0.25) is 0 Å². The molecule has 0 spiro atoms. The molecule has 2 aromatic rings. The molecule has 0 saturated carbocycles. The molecule has 0 aliphatic rings. The van der Waals surface area contributed by atoms with Crippen molar-refractivity contribution in [1.82, 2.24) is 5.32 Å². The first kappa shape index (κ1) is 16.5. The molecule has 0 saturated heterocycles. The number of anilines is 1. The Morgan fingerprint density at radius 1 is 0.909 bits per heavy atom. The van der Waals surface area contributed by atoms with Crippen LogP contribution in [0.15, 0.2) is 36.4 Å². The zero-order valence-corrected chi connectivity index (χ0v) is 14.8. The smallest absolute Gasteiger partial charge is 0.171 e. The van der Waals surface area contributed by atoms with Gasteiger partial charge in [-0.15, -0.1) is 0 Å². The first-order valence-corrected chi connectivity index (χ1v) is 7.99. The van der Waals surface area contributed by atoms with Crippen LogP contribution < -0.4 is 10.6 Å². The third-order valence-corrected chi connectivity index (χ3v) is 3.94. The minimum Gasteiger partial charge on any atom is -0.356 e. The van der Waals surface area contributed by atoms with E-state index in [9.17, 15) is 0 Å². The minimum atomic E-state index is 0.173. The third-order valence-electron chi connectivity index (χ3n) is 3.72. The molecule has 22 heavy (non-hydrogen) atoms. The molecule has 1 atom stereocenters. The third kappa shape index (κ3) is 4.31. The average molecular weight is 312 g/mol. The van der Waals surface area contributed by atoms with Crippen molar-refractivity contribution in [2.75, 3.05) is 5.32 Å². The quantitative estimate of drug-likeness (QED) is 0.783. The highest BCUT2D eigenvalue weighted by atomic mass is 32.1. The van der Waals surface area contributed by atoms with Gasteiger partial charge in [0.2, 0.25) is 0 Å². The molecule has 2 N–H and O–H groups in total. The van der Waals surface area contributed by atoms with Crippen molar-refractivity contribution >= 4 is 23.0 Å². The van der Waals surface area contributed by atoms with Crippen molar-refractivity contribution < 1.29 is 0 Å². The van der Waals surface area contributed by atoms with Crippen LogP contribution in [0.1, 0.15) is 40.8 Å². The highest BCUT2D eigenvalue weighted by molar-refractivity contribution is 7.80. The van der Waals surface area contributed by atoms with Gasteiger partial charge < -0.3 is 10.6 Å². The van der Waals surface area contributed by atoms with Crippen LogP contribution in [-0.4, -0.2) is 5.11 Å². The summed E-state index contributed by atoms with van der Waals surface area (Å²) in [6.07, 6.45) is 0. The average Bonchev–Trinajstić information content (AvgIpc) is 2.36. The van der Waals surface area contributed by atoms with E-state index in [4.69, 9.17) is 12.2 Å². The topological polar surface area (TPSA) is 24.1 Å². The van der Waals surface area contributed by atoms with Gasteiger partial charge in [0.15, 0.2) is 5.11 Å². The van der Waals surface area contributed by atoms with E-state index in [1.165, 1.54) is 27.8 Å². The summed E-state index contributed by atoms with van der Waals surface area (Å²) in [7, 11) is 0. The summed E-state index contributed by atoms with van der Waals surface area (Å²) in [6.45, 7) is 10.6. The Kier molecular flexibility index (Phi) is 5.19. The fourth-order valence-electron chi connectivity index (χ4n) is 2.80. The summed E-state index contributed by atoms with van der Waals surface area (Å²) in [4.78, 5) is 0. The van der Waals surface area contributed by atoms with E-state index in [-0.39, 0.29) is 6.04 Å². The molecule has 2 aromatic carbocycles. The number of aryl methyl sites for hydroxylation is 4. The fraction of sp³-hybridized carbons (Fsp3) is 0.316. The normalized spacial score (nSPS) is 11.9. The molecule has 1 unspecified atom stereocenters. The van der Waals surface area contributed by atoms with E-state index in [1.54, 1.807) is 0 Å². The maximum absolute atomic E-state index is 5.45. The number of thiocarbonyl (C=S) groups is 1. The van der Waals surface area contributed by atoms with Crippen molar-refractivity contribution in [2.24, 2.45) is 0 Å². The van der Waals surface area contributed by atoms with Gasteiger partial charge in [0.05, 0.1) is 6.04 Å². The Balaban J connectivity index is 2.05. The number of rotatable bonds is 3. The van der Waals surface area contributed by atoms with Crippen molar-refractivity contribution in [3.63, 3.8) is 0 Å². The fourth-order valence-corrected chi connectivity index (χ4v) is 3.09. The highest BCUT2D eigenvalue weighted by Crippen LogP contribution is 2.19. The van der Waals surface area contributed by atoms with E-state index in [2.05, 4.69) is 81.7 Å². The lowest BCUT2D eigenvalue weighted by Gasteiger charge is -2.20. The molecule has 0 radical (unpaired) electrons. The summed E-state index contributed by atoms with van der Waals surface area (Å²) in [5, 5.41) is 7.29. The Morgan fingerprint density at radius 2 is 1.55 bits per heavy atom. The van der Waals surface area contributed by atoms with Crippen LogP contribution in [0.25, 0.3) is 0 Å². The maximum Gasteiger partial charge on any atom is 0.171 e. The summed E-state index contributed by atoms with van der Waals surface area (Å²) in [6, 6.07) is 13.0. The van der Waals surface area contributed by atoms with E-state index < -0.39 is 0 Å². The van der Waals surface area contributed by atoms with Crippen molar-refractivity contribution in [3.05, 3.63) is 64.2 Å². The number of benzene rings is 2. The zero-order valence-electron chi connectivity index (χ0n) is 13.9. The molecule has 2 rings (SSSR count). The minimum absolute atomic E-state index is 0.173. The zero-order chi connectivity index (χ0) is 16.3. The van der Waals surface area contributed by atoms with E-state index >= 15 is 0 Å². The predicted molar refractivity (Wildman–Crippen MR) is 99.6 cm³/mol. The molecule has 0 aromatic heterocycles. The van der Waals surface area contributed by atoms with Crippen LogP contribution >= 0.6 is 12.2 Å². The Labute approximate surface area is 139 Å². The summed E-state index contributed by atoms with van der Waals surface area (Å²) in [5.74, 6) is 0. The van der Waals surface area contributed by atoms with Gasteiger partial charge in [-0.25, -0.2) is 0 Å². The van der Waals surface area contributed by atoms with Crippen LogP contribution in [0.5, 0.6) is 0 Å². The van der Waals surface area contributed by atoms with Gasteiger partial charge in [-0.2, -0.15) is 0 Å². The Morgan fingerprint density at radius 3 is 2.14 bits per heavy atom. The molecule has 116 valence electrons. The monoisotopic (exact) mass is 312 g/mol. The van der Waals surface area contributed by atoms with Gasteiger partial charge in [-0.05, 0) is 81.2 Å². The second kappa shape index (κ2) is 6.93. The second-order valence-electron chi connectivity index (χ2n) is 6.06. The Hall–Kier alpha value is -1.87. The van der Waals surface area contributed by atoms with Crippen molar-refractivity contribution in [1.29, 1.82) is 0 Å². The van der Waals surface area contributed by atoms with Crippen molar-refractivity contribution in [2.45, 2.75) is 40.7 Å². The maximum atomic E-state index is 5.45. The lowest BCUT2D eigenvalue weighted by atomic mass is 10.0. The lowest BCUT2D eigenvalue weighted by molar-refractivity contribution is 0.717. The molecule has 0 amide bonds. The van der Waals surface area contributed by atoms with Gasteiger partial charge in [0.25, 0.3) is 0 Å². The SMILES string of the molecule is Cc1cc(C)cc(NC(=S)NC(C)c2ccc(C)cc2C)c1. The largest absolute Gasteiger partial charge is 0.356 e. The van der Waals surface area contributed by atoms with Gasteiger partial charge in [0, 0.05) is 5.69 Å².